The zero-order valence-electron chi connectivity index (χ0n) is 14.0. The number of hydrogen-bond acceptors (Lipinski definition) is 5. The molecule has 2 rings (SSSR count). The first-order valence-corrected chi connectivity index (χ1v) is 8.36. The molecule has 124 valence electrons. The zero-order valence-corrected chi connectivity index (χ0v) is 14.9. The van der Waals surface area contributed by atoms with Crippen molar-refractivity contribution in [2.75, 3.05) is 7.11 Å². The van der Waals surface area contributed by atoms with Gasteiger partial charge in [-0.1, -0.05) is 6.07 Å². The number of ether oxygens (including phenoxy) is 2. The van der Waals surface area contributed by atoms with Crippen molar-refractivity contribution in [2.45, 2.75) is 39.8 Å². The summed E-state index contributed by atoms with van der Waals surface area (Å²) in [6.45, 7) is 7.70. The molecule has 1 aromatic heterocycles. The fourth-order valence-electron chi connectivity index (χ4n) is 2.17. The van der Waals surface area contributed by atoms with Crippen LogP contribution in [0.25, 0.3) is 0 Å². The van der Waals surface area contributed by atoms with E-state index in [0.717, 1.165) is 11.3 Å². The molecular formula is C17H22N2O3S. The molecule has 0 saturated heterocycles. The first-order valence-electron chi connectivity index (χ1n) is 7.48. The number of nitrogens with zero attached hydrogens (tertiary/aromatic N) is 1. The van der Waals surface area contributed by atoms with Gasteiger partial charge < -0.3 is 14.8 Å². The van der Waals surface area contributed by atoms with Crippen LogP contribution >= 0.6 is 11.3 Å². The van der Waals surface area contributed by atoms with Crippen LogP contribution in [0.3, 0.4) is 0 Å². The Kier molecular flexibility index (Phi) is 5.60. The van der Waals surface area contributed by atoms with Gasteiger partial charge in [0.05, 0.1) is 30.5 Å². The summed E-state index contributed by atoms with van der Waals surface area (Å²) in [7, 11) is 1.61. The van der Waals surface area contributed by atoms with Gasteiger partial charge in [0, 0.05) is 0 Å². The summed E-state index contributed by atoms with van der Waals surface area (Å²) < 4.78 is 11.1. The molecule has 5 nitrogen and oxygen atoms in total. The van der Waals surface area contributed by atoms with E-state index in [1.54, 1.807) is 12.6 Å². The van der Waals surface area contributed by atoms with Crippen LogP contribution in [0.2, 0.25) is 0 Å². The van der Waals surface area contributed by atoms with Crippen LogP contribution < -0.4 is 14.8 Å². The highest BCUT2D eigenvalue weighted by Crippen LogP contribution is 2.31. The van der Waals surface area contributed by atoms with E-state index in [0.29, 0.717) is 16.4 Å². The molecule has 1 aromatic carbocycles. The van der Waals surface area contributed by atoms with Gasteiger partial charge in [-0.2, -0.15) is 0 Å². The number of rotatable bonds is 6. The average Bonchev–Trinajstić information content (AvgIpc) is 2.93. The molecule has 1 amide bonds. The molecule has 1 heterocycles. The Bertz CT molecular complexity index is 682. The van der Waals surface area contributed by atoms with Crippen molar-refractivity contribution in [1.82, 2.24) is 10.3 Å². The maximum atomic E-state index is 12.3. The number of thiazole rings is 1. The lowest BCUT2D eigenvalue weighted by molar-refractivity contribution is 0.0943. The summed E-state index contributed by atoms with van der Waals surface area (Å²) in [6.07, 6.45) is 0.0705. The third-order valence-corrected chi connectivity index (χ3v) is 4.28. The molecule has 0 spiro atoms. The van der Waals surface area contributed by atoms with Crippen LogP contribution in [0.15, 0.2) is 23.7 Å². The first kappa shape index (κ1) is 17.3. The van der Waals surface area contributed by atoms with E-state index in [1.807, 2.05) is 45.9 Å². The summed E-state index contributed by atoms with van der Waals surface area (Å²) in [5, 5.41) is 2.99. The van der Waals surface area contributed by atoms with E-state index >= 15 is 0 Å². The van der Waals surface area contributed by atoms with Crippen LogP contribution in [-0.2, 0) is 0 Å². The van der Waals surface area contributed by atoms with E-state index < -0.39 is 0 Å². The highest BCUT2D eigenvalue weighted by Gasteiger charge is 2.17. The number of amides is 1. The molecule has 0 aliphatic carbocycles. The van der Waals surface area contributed by atoms with Gasteiger partial charge in [-0.25, -0.2) is 4.98 Å². The molecule has 0 aliphatic heterocycles. The molecular weight excluding hydrogens is 312 g/mol. The topological polar surface area (TPSA) is 60.5 Å². The molecule has 1 atom stereocenters. The minimum absolute atomic E-state index is 0.0705. The number of nitrogens with one attached hydrogen (secondary N) is 1. The molecule has 1 N–H and O–H groups in total. The van der Waals surface area contributed by atoms with Crippen molar-refractivity contribution in [3.05, 3.63) is 39.8 Å². The van der Waals surface area contributed by atoms with E-state index in [1.165, 1.54) is 11.3 Å². The minimum Gasteiger partial charge on any atom is -0.493 e. The fraction of sp³-hybridized carbons (Fsp3) is 0.412. The lowest BCUT2D eigenvalue weighted by Gasteiger charge is -2.18. The SMILES string of the molecule is COc1cc(C(C)NC(=O)c2scnc2C)ccc1OC(C)C. The molecule has 0 bridgehead atoms. The van der Waals surface area contributed by atoms with Crippen LogP contribution in [0.4, 0.5) is 0 Å². The van der Waals surface area contributed by atoms with Gasteiger partial charge in [0.1, 0.15) is 4.88 Å². The van der Waals surface area contributed by atoms with Gasteiger partial charge in [0.25, 0.3) is 5.91 Å². The number of aryl methyl sites for hydroxylation is 1. The van der Waals surface area contributed by atoms with E-state index in [4.69, 9.17) is 9.47 Å². The number of carbonyl (C=O) groups excluding carboxylic acids is 1. The van der Waals surface area contributed by atoms with Gasteiger partial charge in [0.2, 0.25) is 0 Å². The zero-order chi connectivity index (χ0) is 17.0. The number of benzene rings is 1. The normalized spacial score (nSPS) is 12.1. The molecule has 2 aromatic rings. The van der Waals surface area contributed by atoms with Crippen LogP contribution in [0, 0.1) is 6.92 Å². The second kappa shape index (κ2) is 7.46. The Labute approximate surface area is 140 Å². The summed E-state index contributed by atoms with van der Waals surface area (Å²) in [5.74, 6) is 1.24. The van der Waals surface area contributed by atoms with E-state index in [9.17, 15) is 4.79 Å². The number of methoxy groups -OCH3 is 1. The van der Waals surface area contributed by atoms with Gasteiger partial charge in [0.15, 0.2) is 11.5 Å². The first-order chi connectivity index (χ1) is 10.9. The maximum Gasteiger partial charge on any atom is 0.263 e. The highest BCUT2D eigenvalue weighted by atomic mass is 32.1. The summed E-state index contributed by atoms with van der Waals surface area (Å²) >= 11 is 1.34. The van der Waals surface area contributed by atoms with Crippen LogP contribution in [0.1, 0.15) is 47.7 Å². The number of carbonyl (C=O) groups is 1. The number of hydrogen-bond donors (Lipinski definition) is 1. The molecule has 0 fully saturated rings. The van der Waals surface area contributed by atoms with Crippen molar-refractivity contribution in [3.8, 4) is 11.5 Å². The van der Waals surface area contributed by atoms with E-state index in [-0.39, 0.29) is 18.1 Å². The Morgan fingerprint density at radius 2 is 2.00 bits per heavy atom. The Hall–Kier alpha value is -2.08. The third kappa shape index (κ3) is 4.22. The lowest BCUT2D eigenvalue weighted by atomic mass is 10.1. The standard InChI is InChI=1S/C17H22N2O3S/c1-10(2)22-14-7-6-13(8-15(14)21-5)11(3)19-17(20)16-12(4)18-9-23-16/h6-11H,1-5H3,(H,19,20). The molecule has 0 aliphatic rings. The Morgan fingerprint density at radius 1 is 1.26 bits per heavy atom. The predicted molar refractivity (Wildman–Crippen MR) is 91.5 cm³/mol. The highest BCUT2D eigenvalue weighted by molar-refractivity contribution is 7.11. The average molecular weight is 334 g/mol. The second-order valence-electron chi connectivity index (χ2n) is 5.54. The van der Waals surface area contributed by atoms with E-state index in [2.05, 4.69) is 10.3 Å². The van der Waals surface area contributed by atoms with Gasteiger partial charge in [-0.15, -0.1) is 11.3 Å². The monoisotopic (exact) mass is 334 g/mol. The van der Waals surface area contributed by atoms with Crippen molar-refractivity contribution in [1.29, 1.82) is 0 Å². The molecule has 0 saturated carbocycles. The fourth-order valence-corrected chi connectivity index (χ4v) is 2.88. The number of aromatic nitrogens is 1. The van der Waals surface area contributed by atoms with Crippen molar-refractivity contribution >= 4 is 17.2 Å². The van der Waals surface area contributed by atoms with Gasteiger partial charge in [-0.05, 0) is 45.4 Å². The smallest absolute Gasteiger partial charge is 0.263 e. The largest absolute Gasteiger partial charge is 0.493 e. The summed E-state index contributed by atoms with van der Waals surface area (Å²) in [6, 6.07) is 5.55. The second-order valence-corrected chi connectivity index (χ2v) is 6.39. The van der Waals surface area contributed by atoms with Crippen LogP contribution in [0.5, 0.6) is 11.5 Å². The lowest BCUT2D eigenvalue weighted by Crippen LogP contribution is -2.26. The quantitative estimate of drug-likeness (QED) is 0.874. The van der Waals surface area contributed by atoms with Crippen molar-refractivity contribution in [3.63, 3.8) is 0 Å². The molecule has 6 heteroatoms. The molecule has 23 heavy (non-hydrogen) atoms. The van der Waals surface area contributed by atoms with Crippen LogP contribution in [-0.4, -0.2) is 24.1 Å². The minimum atomic E-state index is -0.147. The Morgan fingerprint density at radius 3 is 2.57 bits per heavy atom. The summed E-state index contributed by atoms with van der Waals surface area (Å²) in [4.78, 5) is 17.0. The third-order valence-electron chi connectivity index (χ3n) is 3.35. The predicted octanol–water partition coefficient (Wildman–Crippen LogP) is 3.74. The molecule has 0 radical (unpaired) electrons. The maximum absolute atomic E-state index is 12.3. The molecule has 1 unspecified atom stereocenters. The van der Waals surface area contributed by atoms with Crippen molar-refractivity contribution < 1.29 is 14.3 Å². The van der Waals surface area contributed by atoms with Crippen molar-refractivity contribution in [2.24, 2.45) is 0 Å². The van der Waals surface area contributed by atoms with Gasteiger partial charge in [-0.3, -0.25) is 4.79 Å². The van der Waals surface area contributed by atoms with Gasteiger partial charge >= 0.3 is 0 Å². The summed E-state index contributed by atoms with van der Waals surface area (Å²) in [5.41, 5.74) is 3.38. The Balaban J connectivity index is 2.14.